The molecule has 2 rings (SSSR count). The number of benzene rings is 1. The zero-order valence-electron chi connectivity index (χ0n) is 13.3. The van der Waals surface area contributed by atoms with E-state index in [0.29, 0.717) is 34.6 Å². The highest BCUT2D eigenvalue weighted by Gasteiger charge is 2.20. The maximum absolute atomic E-state index is 10.6. The van der Waals surface area contributed by atoms with Gasteiger partial charge in [-0.3, -0.25) is 4.79 Å². The first-order chi connectivity index (χ1) is 11.0. The minimum Gasteiger partial charge on any atom is -0.439 e. The first kappa shape index (κ1) is 17.6. The van der Waals surface area contributed by atoms with Crippen LogP contribution in [0.15, 0.2) is 18.2 Å². The van der Waals surface area contributed by atoms with Crippen molar-refractivity contribution in [3.8, 4) is 11.6 Å². The number of nitrogens with zero attached hydrogens (tertiary/aromatic N) is 2. The molecule has 0 spiro atoms. The van der Waals surface area contributed by atoms with Crippen molar-refractivity contribution in [2.75, 3.05) is 0 Å². The van der Waals surface area contributed by atoms with Crippen LogP contribution in [-0.2, 0) is 17.8 Å². The van der Waals surface area contributed by atoms with Crippen molar-refractivity contribution >= 4 is 29.6 Å². The average molecular weight is 356 g/mol. The molecule has 1 heterocycles. The van der Waals surface area contributed by atoms with Crippen LogP contribution in [0.1, 0.15) is 38.1 Å². The van der Waals surface area contributed by atoms with E-state index in [1.54, 1.807) is 22.9 Å². The Kier molecular flexibility index (Phi) is 5.91. The Labute approximate surface area is 145 Å². The number of amides is 1. The van der Waals surface area contributed by atoms with Gasteiger partial charge in [0.15, 0.2) is 0 Å². The predicted molar refractivity (Wildman–Crippen MR) is 91.4 cm³/mol. The molecule has 0 saturated carbocycles. The normalized spacial score (nSPS) is 10.9. The third-order valence-corrected chi connectivity index (χ3v) is 3.73. The molecular weight excluding hydrogens is 337 g/mol. The lowest BCUT2D eigenvalue weighted by Gasteiger charge is -2.13. The van der Waals surface area contributed by atoms with E-state index in [1.807, 2.05) is 20.8 Å². The summed E-state index contributed by atoms with van der Waals surface area (Å²) in [6, 6.07) is 5.16. The number of ether oxygens (including phenoxy) is 1. The summed E-state index contributed by atoms with van der Waals surface area (Å²) >= 11 is 12.1. The van der Waals surface area contributed by atoms with Gasteiger partial charge in [0.25, 0.3) is 0 Å². The lowest BCUT2D eigenvalue weighted by molar-refractivity contribution is -0.109. The Bertz CT molecular complexity index is 679. The third kappa shape index (κ3) is 4.18. The Hall–Kier alpha value is -1.72. The monoisotopic (exact) mass is 355 g/mol. The molecule has 1 N–H and O–H groups in total. The van der Waals surface area contributed by atoms with E-state index in [-0.39, 0.29) is 6.04 Å². The van der Waals surface area contributed by atoms with Crippen LogP contribution in [0.2, 0.25) is 10.0 Å². The average Bonchev–Trinajstić information content (AvgIpc) is 2.81. The molecule has 1 aromatic heterocycles. The molecular formula is C16H19Cl2N3O2. The molecule has 0 fully saturated rings. The molecule has 2 aromatic rings. The van der Waals surface area contributed by atoms with Gasteiger partial charge in [0.05, 0.1) is 18.3 Å². The van der Waals surface area contributed by atoms with Crippen molar-refractivity contribution in [2.45, 2.75) is 39.8 Å². The number of halogens is 2. The maximum atomic E-state index is 10.6. The topological polar surface area (TPSA) is 56.2 Å². The third-order valence-electron chi connectivity index (χ3n) is 3.29. The van der Waals surface area contributed by atoms with Crippen LogP contribution in [0.4, 0.5) is 0 Å². The van der Waals surface area contributed by atoms with Gasteiger partial charge in [-0.2, -0.15) is 5.10 Å². The summed E-state index contributed by atoms with van der Waals surface area (Å²) in [4.78, 5) is 10.6. The second-order valence-corrected chi connectivity index (χ2v) is 6.20. The number of rotatable bonds is 7. The number of nitrogens with one attached hydrogen (secondary N) is 1. The lowest BCUT2D eigenvalue weighted by Crippen LogP contribution is -2.12. The van der Waals surface area contributed by atoms with Crippen molar-refractivity contribution in [1.82, 2.24) is 15.1 Å². The van der Waals surface area contributed by atoms with Crippen LogP contribution in [-0.4, -0.2) is 16.2 Å². The van der Waals surface area contributed by atoms with E-state index < -0.39 is 0 Å². The second kappa shape index (κ2) is 7.70. The molecule has 0 radical (unpaired) electrons. The summed E-state index contributed by atoms with van der Waals surface area (Å²) in [5.74, 6) is 1.19. The number of aromatic nitrogens is 2. The van der Waals surface area contributed by atoms with Gasteiger partial charge in [-0.15, -0.1) is 0 Å². The smallest absolute Gasteiger partial charge is 0.221 e. The first-order valence-corrected chi connectivity index (χ1v) is 8.13. The van der Waals surface area contributed by atoms with Crippen LogP contribution in [0.25, 0.3) is 0 Å². The van der Waals surface area contributed by atoms with Crippen LogP contribution < -0.4 is 10.1 Å². The van der Waals surface area contributed by atoms with Crippen molar-refractivity contribution in [3.05, 3.63) is 39.5 Å². The molecule has 1 amide bonds. The number of carbonyl (C=O) groups is 1. The molecule has 5 nitrogen and oxygen atoms in total. The van der Waals surface area contributed by atoms with Crippen LogP contribution in [0, 0.1) is 0 Å². The number of hydrogen-bond acceptors (Lipinski definition) is 3. The summed E-state index contributed by atoms with van der Waals surface area (Å²) in [6.07, 6.45) is 1.39. The molecule has 0 saturated heterocycles. The standard InChI is InChI=1S/C16H19Cl2N3O2/c1-4-14-15(8-19-9-22)20-21(10(2)3)16(14)23-13-6-11(17)5-12(18)7-13/h5-7,9-10H,4,8H2,1-3H3,(H,19,22). The van der Waals surface area contributed by atoms with Crippen molar-refractivity contribution in [2.24, 2.45) is 0 Å². The van der Waals surface area contributed by atoms with Crippen molar-refractivity contribution in [1.29, 1.82) is 0 Å². The van der Waals surface area contributed by atoms with E-state index in [9.17, 15) is 4.79 Å². The summed E-state index contributed by atoms with van der Waals surface area (Å²) in [5.41, 5.74) is 1.74. The minimum atomic E-state index is 0.106. The van der Waals surface area contributed by atoms with Gasteiger partial charge in [-0.25, -0.2) is 4.68 Å². The van der Waals surface area contributed by atoms with Gasteiger partial charge >= 0.3 is 0 Å². The highest BCUT2D eigenvalue weighted by molar-refractivity contribution is 6.34. The van der Waals surface area contributed by atoms with E-state index in [1.165, 1.54) is 0 Å². The first-order valence-electron chi connectivity index (χ1n) is 7.37. The molecule has 0 bridgehead atoms. The fourth-order valence-electron chi connectivity index (χ4n) is 2.29. The minimum absolute atomic E-state index is 0.106. The van der Waals surface area contributed by atoms with Crippen molar-refractivity contribution in [3.63, 3.8) is 0 Å². The Morgan fingerprint density at radius 1 is 1.30 bits per heavy atom. The Morgan fingerprint density at radius 3 is 2.48 bits per heavy atom. The fraction of sp³-hybridized carbons (Fsp3) is 0.375. The van der Waals surface area contributed by atoms with Crippen molar-refractivity contribution < 1.29 is 9.53 Å². The van der Waals surface area contributed by atoms with Crippen LogP contribution in [0.5, 0.6) is 11.6 Å². The molecule has 0 aliphatic carbocycles. The summed E-state index contributed by atoms with van der Waals surface area (Å²) in [7, 11) is 0. The van der Waals surface area contributed by atoms with Gasteiger partial charge in [0.2, 0.25) is 12.3 Å². The zero-order valence-corrected chi connectivity index (χ0v) is 14.8. The van der Waals surface area contributed by atoms with Gasteiger partial charge in [-0.1, -0.05) is 30.1 Å². The Morgan fingerprint density at radius 2 is 1.96 bits per heavy atom. The molecule has 124 valence electrons. The van der Waals surface area contributed by atoms with Gasteiger partial charge in [0, 0.05) is 15.6 Å². The van der Waals surface area contributed by atoms with E-state index in [2.05, 4.69) is 10.4 Å². The van der Waals surface area contributed by atoms with E-state index >= 15 is 0 Å². The largest absolute Gasteiger partial charge is 0.439 e. The number of hydrogen-bond donors (Lipinski definition) is 1. The van der Waals surface area contributed by atoms with E-state index in [0.717, 1.165) is 17.7 Å². The van der Waals surface area contributed by atoms with Crippen LogP contribution in [0.3, 0.4) is 0 Å². The van der Waals surface area contributed by atoms with E-state index in [4.69, 9.17) is 27.9 Å². The molecule has 0 unspecified atom stereocenters. The van der Waals surface area contributed by atoms with Gasteiger partial charge < -0.3 is 10.1 Å². The summed E-state index contributed by atoms with van der Waals surface area (Å²) in [6.45, 7) is 6.41. The summed E-state index contributed by atoms with van der Waals surface area (Å²) in [5, 5.41) is 8.22. The predicted octanol–water partition coefficient (Wildman–Crippen LogP) is 4.37. The highest BCUT2D eigenvalue weighted by Crippen LogP contribution is 2.33. The molecule has 0 aliphatic heterocycles. The molecule has 7 heteroatoms. The van der Waals surface area contributed by atoms with Gasteiger partial charge in [-0.05, 0) is 38.5 Å². The van der Waals surface area contributed by atoms with Gasteiger partial charge in [0.1, 0.15) is 5.75 Å². The fourth-order valence-corrected chi connectivity index (χ4v) is 2.80. The quantitative estimate of drug-likeness (QED) is 0.750. The highest BCUT2D eigenvalue weighted by atomic mass is 35.5. The molecule has 0 aliphatic rings. The number of carbonyl (C=O) groups excluding carboxylic acids is 1. The summed E-state index contributed by atoms with van der Waals surface area (Å²) < 4.78 is 7.83. The van der Waals surface area contributed by atoms with Crippen LogP contribution >= 0.6 is 23.2 Å². The lowest BCUT2D eigenvalue weighted by atomic mass is 10.2. The molecule has 23 heavy (non-hydrogen) atoms. The maximum Gasteiger partial charge on any atom is 0.221 e. The SMILES string of the molecule is CCc1c(CNC=O)nn(C(C)C)c1Oc1cc(Cl)cc(Cl)c1. The molecule has 1 aromatic carbocycles. The Balaban J connectivity index is 2.45. The molecule has 0 atom stereocenters. The second-order valence-electron chi connectivity index (χ2n) is 5.33. The zero-order chi connectivity index (χ0) is 17.0.